The quantitative estimate of drug-likeness (QED) is 0.481. The van der Waals surface area contributed by atoms with Crippen molar-refractivity contribution in [2.24, 2.45) is 0 Å². The zero-order valence-electron chi connectivity index (χ0n) is 14.9. The number of rotatable bonds is 5. The third-order valence-corrected chi connectivity index (χ3v) is 5.50. The molecule has 0 radical (unpaired) electrons. The fourth-order valence-corrected chi connectivity index (χ4v) is 3.74. The molecule has 1 N–H and O–H groups in total. The van der Waals surface area contributed by atoms with E-state index in [1.54, 1.807) is 19.2 Å². The van der Waals surface area contributed by atoms with Gasteiger partial charge in [-0.15, -0.1) is 10.2 Å². The Kier molecular flexibility index (Phi) is 4.73. The van der Waals surface area contributed by atoms with Crippen molar-refractivity contribution in [3.63, 3.8) is 0 Å². The highest BCUT2D eigenvalue weighted by molar-refractivity contribution is 7.15. The summed E-state index contributed by atoms with van der Waals surface area (Å²) in [5, 5.41) is 15.6. The minimum Gasteiger partial charge on any atom is -0.497 e. The van der Waals surface area contributed by atoms with Crippen molar-refractivity contribution in [2.45, 2.75) is 12.8 Å². The zero-order chi connectivity index (χ0) is 18.8. The van der Waals surface area contributed by atoms with E-state index in [2.05, 4.69) is 46.7 Å². The average Bonchev–Trinajstić information content (AvgIpc) is 3.16. The smallest absolute Gasteiger partial charge is 0.210 e. The minimum absolute atomic E-state index is 0.123. The topological polar surface area (TPSA) is 47.0 Å². The van der Waals surface area contributed by atoms with E-state index in [9.17, 15) is 4.39 Å². The van der Waals surface area contributed by atoms with Crippen LogP contribution >= 0.6 is 11.3 Å². The van der Waals surface area contributed by atoms with E-state index in [1.807, 2.05) is 12.1 Å². The van der Waals surface area contributed by atoms with Crippen molar-refractivity contribution in [1.82, 2.24) is 10.2 Å². The van der Waals surface area contributed by atoms with E-state index in [4.69, 9.17) is 4.74 Å². The van der Waals surface area contributed by atoms with Crippen molar-refractivity contribution >= 4 is 32.9 Å². The molecule has 0 aliphatic heterocycles. The van der Waals surface area contributed by atoms with Crippen LogP contribution < -0.4 is 10.1 Å². The van der Waals surface area contributed by atoms with Crippen LogP contribution in [-0.2, 0) is 0 Å². The summed E-state index contributed by atoms with van der Waals surface area (Å²) in [6, 6.07) is 18.6. The lowest BCUT2D eigenvalue weighted by atomic mass is 9.98. The Morgan fingerprint density at radius 2 is 1.70 bits per heavy atom. The molecule has 136 valence electrons. The molecule has 4 rings (SSSR count). The number of fused-ring (bicyclic) bond motifs is 1. The Labute approximate surface area is 160 Å². The highest BCUT2D eigenvalue weighted by atomic mass is 32.1. The van der Waals surface area contributed by atoms with Crippen molar-refractivity contribution in [1.29, 1.82) is 0 Å². The number of anilines is 2. The van der Waals surface area contributed by atoms with Crippen LogP contribution in [0, 0.1) is 5.82 Å². The van der Waals surface area contributed by atoms with Crippen LogP contribution in [0.3, 0.4) is 0 Å². The molecule has 1 atom stereocenters. The second kappa shape index (κ2) is 7.32. The van der Waals surface area contributed by atoms with Crippen LogP contribution in [0.2, 0.25) is 0 Å². The Bertz CT molecular complexity index is 1080. The van der Waals surface area contributed by atoms with Gasteiger partial charge in [-0.05, 0) is 52.7 Å². The molecular formula is C21H18FN3OS. The van der Waals surface area contributed by atoms with Gasteiger partial charge in [0.1, 0.15) is 16.6 Å². The molecule has 1 heterocycles. The highest BCUT2D eigenvalue weighted by Crippen LogP contribution is 2.32. The summed E-state index contributed by atoms with van der Waals surface area (Å²) in [5.41, 5.74) is 1.96. The summed E-state index contributed by atoms with van der Waals surface area (Å²) in [6.07, 6.45) is 0. The van der Waals surface area contributed by atoms with Crippen LogP contribution in [0.5, 0.6) is 5.75 Å². The van der Waals surface area contributed by atoms with E-state index in [1.165, 1.54) is 29.0 Å². The van der Waals surface area contributed by atoms with Gasteiger partial charge in [0.2, 0.25) is 5.13 Å². The molecule has 0 saturated carbocycles. The molecular weight excluding hydrogens is 361 g/mol. The SMILES string of the molecule is COc1ccc2cc(C(C)c3nnc(Nc4ccc(F)cc4)s3)ccc2c1. The van der Waals surface area contributed by atoms with Crippen LogP contribution in [0.4, 0.5) is 15.2 Å². The summed E-state index contributed by atoms with van der Waals surface area (Å²) in [5.74, 6) is 0.711. The van der Waals surface area contributed by atoms with Crippen molar-refractivity contribution < 1.29 is 9.13 Å². The molecule has 27 heavy (non-hydrogen) atoms. The van der Waals surface area contributed by atoms with Crippen LogP contribution in [0.25, 0.3) is 10.8 Å². The second-order valence-electron chi connectivity index (χ2n) is 6.27. The lowest BCUT2D eigenvalue weighted by molar-refractivity contribution is 0.415. The van der Waals surface area contributed by atoms with E-state index in [0.717, 1.165) is 27.2 Å². The van der Waals surface area contributed by atoms with Crippen molar-refractivity contribution in [2.75, 3.05) is 12.4 Å². The molecule has 0 aliphatic rings. The van der Waals surface area contributed by atoms with Crippen molar-refractivity contribution in [3.8, 4) is 5.75 Å². The van der Waals surface area contributed by atoms with Gasteiger partial charge in [0.05, 0.1) is 7.11 Å². The fraction of sp³-hybridized carbons (Fsp3) is 0.143. The van der Waals surface area contributed by atoms with Gasteiger partial charge in [-0.1, -0.05) is 42.5 Å². The minimum atomic E-state index is -0.263. The fourth-order valence-electron chi connectivity index (χ4n) is 2.90. The van der Waals surface area contributed by atoms with Gasteiger partial charge >= 0.3 is 0 Å². The number of halogens is 1. The van der Waals surface area contributed by atoms with Gasteiger partial charge in [0, 0.05) is 11.6 Å². The molecule has 0 amide bonds. The third kappa shape index (κ3) is 3.75. The molecule has 6 heteroatoms. The zero-order valence-corrected chi connectivity index (χ0v) is 15.8. The lowest BCUT2D eigenvalue weighted by Gasteiger charge is -2.10. The van der Waals surface area contributed by atoms with E-state index in [0.29, 0.717) is 5.13 Å². The first-order valence-electron chi connectivity index (χ1n) is 8.56. The number of nitrogens with zero attached hydrogens (tertiary/aromatic N) is 2. The maximum absolute atomic E-state index is 13.0. The summed E-state index contributed by atoms with van der Waals surface area (Å²) in [6.45, 7) is 2.12. The van der Waals surface area contributed by atoms with E-state index < -0.39 is 0 Å². The molecule has 1 unspecified atom stereocenters. The van der Waals surface area contributed by atoms with Crippen LogP contribution in [0.1, 0.15) is 23.4 Å². The molecule has 3 aromatic carbocycles. The molecule has 4 nitrogen and oxygen atoms in total. The number of hydrogen-bond acceptors (Lipinski definition) is 5. The van der Waals surface area contributed by atoms with Gasteiger partial charge < -0.3 is 10.1 Å². The number of benzene rings is 3. The number of hydrogen-bond donors (Lipinski definition) is 1. The number of aromatic nitrogens is 2. The average molecular weight is 379 g/mol. The van der Waals surface area contributed by atoms with Crippen LogP contribution in [0.15, 0.2) is 60.7 Å². The number of ether oxygens (including phenoxy) is 1. The molecule has 4 aromatic rings. The largest absolute Gasteiger partial charge is 0.497 e. The van der Waals surface area contributed by atoms with Gasteiger partial charge in [0.25, 0.3) is 0 Å². The first-order chi connectivity index (χ1) is 13.1. The van der Waals surface area contributed by atoms with Gasteiger partial charge in [-0.2, -0.15) is 0 Å². The van der Waals surface area contributed by atoms with Gasteiger partial charge in [0.15, 0.2) is 0 Å². The highest BCUT2D eigenvalue weighted by Gasteiger charge is 2.15. The van der Waals surface area contributed by atoms with Crippen LogP contribution in [-0.4, -0.2) is 17.3 Å². The number of methoxy groups -OCH3 is 1. The standard InChI is InChI=1S/C21H18FN3OS/c1-13(14-3-4-16-12-19(26-2)10-5-15(16)11-14)20-24-25-21(27-20)23-18-8-6-17(22)7-9-18/h3-13H,1-2H3,(H,23,25). The predicted octanol–water partition coefficient (Wildman–Crippen LogP) is 5.73. The van der Waals surface area contributed by atoms with E-state index in [-0.39, 0.29) is 11.7 Å². The first-order valence-corrected chi connectivity index (χ1v) is 9.38. The predicted molar refractivity (Wildman–Crippen MR) is 108 cm³/mol. The van der Waals surface area contributed by atoms with Crippen molar-refractivity contribution in [3.05, 3.63) is 77.1 Å². The first kappa shape index (κ1) is 17.4. The molecule has 0 bridgehead atoms. The molecule has 1 aromatic heterocycles. The summed E-state index contributed by atoms with van der Waals surface area (Å²) in [7, 11) is 1.67. The van der Waals surface area contributed by atoms with Gasteiger partial charge in [-0.25, -0.2) is 4.39 Å². The summed E-state index contributed by atoms with van der Waals surface area (Å²) in [4.78, 5) is 0. The monoisotopic (exact) mass is 379 g/mol. The Morgan fingerprint density at radius 3 is 2.48 bits per heavy atom. The Hall–Kier alpha value is -2.99. The number of nitrogens with one attached hydrogen (secondary N) is 1. The summed E-state index contributed by atoms with van der Waals surface area (Å²) >= 11 is 1.50. The lowest BCUT2D eigenvalue weighted by Crippen LogP contribution is -1.95. The second-order valence-corrected chi connectivity index (χ2v) is 7.28. The normalized spacial score (nSPS) is 12.1. The molecule has 0 spiro atoms. The third-order valence-electron chi connectivity index (χ3n) is 4.48. The van der Waals surface area contributed by atoms with E-state index >= 15 is 0 Å². The molecule has 0 fully saturated rings. The maximum Gasteiger partial charge on any atom is 0.210 e. The Morgan fingerprint density at radius 1 is 0.963 bits per heavy atom. The Balaban J connectivity index is 1.55. The maximum atomic E-state index is 13.0. The summed E-state index contributed by atoms with van der Waals surface area (Å²) < 4.78 is 18.3. The van der Waals surface area contributed by atoms with Gasteiger partial charge in [-0.3, -0.25) is 0 Å². The molecule has 0 saturated heterocycles. The molecule has 0 aliphatic carbocycles.